The van der Waals surface area contributed by atoms with Crippen LogP contribution in [0.15, 0.2) is 72.8 Å². The summed E-state index contributed by atoms with van der Waals surface area (Å²) in [5.41, 5.74) is 4.28. The fourth-order valence-electron chi connectivity index (χ4n) is 3.92. The number of rotatable bonds is 2. The van der Waals surface area contributed by atoms with Crippen LogP contribution >= 0.6 is 0 Å². The third-order valence-electron chi connectivity index (χ3n) is 4.99. The molecule has 2 N–H and O–H groups in total. The summed E-state index contributed by atoms with van der Waals surface area (Å²) < 4.78 is 0. The molecular weight excluding hydrogens is 284 g/mol. The molecule has 0 saturated heterocycles. The lowest BCUT2D eigenvalue weighted by Gasteiger charge is -2.32. The molecule has 114 valence electrons. The highest BCUT2D eigenvalue weighted by molar-refractivity contribution is 5.59. The molecule has 2 nitrogen and oxygen atoms in total. The Morgan fingerprint density at radius 2 is 1.39 bits per heavy atom. The second-order valence-electron chi connectivity index (χ2n) is 6.12. The van der Waals surface area contributed by atoms with Crippen molar-refractivity contribution in [1.82, 2.24) is 0 Å². The highest BCUT2D eigenvalue weighted by Gasteiger charge is 2.42. The summed E-state index contributed by atoms with van der Waals surface area (Å²) in [5, 5.41) is 19.9. The summed E-state index contributed by atoms with van der Waals surface area (Å²) in [5.74, 6) is 0.644. The van der Waals surface area contributed by atoms with Crippen LogP contribution in [0, 0.1) is 0 Å². The molecule has 1 unspecified atom stereocenters. The number of phenols is 2. The van der Waals surface area contributed by atoms with Gasteiger partial charge >= 0.3 is 0 Å². The SMILES string of the molecule is Oc1ccc(C2(c3ccccc3)CCc3c(O)cccc32)cc1. The molecule has 3 aromatic carbocycles. The predicted octanol–water partition coefficient (Wildman–Crippen LogP) is 4.38. The Balaban J connectivity index is 2.02. The first-order valence-electron chi connectivity index (χ1n) is 7.88. The molecule has 1 atom stereocenters. The van der Waals surface area contributed by atoms with Crippen LogP contribution < -0.4 is 0 Å². The van der Waals surface area contributed by atoms with E-state index in [4.69, 9.17) is 0 Å². The lowest BCUT2D eigenvalue weighted by Crippen LogP contribution is -2.26. The van der Waals surface area contributed by atoms with Gasteiger partial charge in [-0.15, -0.1) is 0 Å². The van der Waals surface area contributed by atoms with Gasteiger partial charge in [-0.1, -0.05) is 54.6 Å². The van der Waals surface area contributed by atoms with E-state index in [-0.39, 0.29) is 11.2 Å². The maximum atomic E-state index is 10.3. The minimum absolute atomic E-state index is 0.270. The first-order valence-corrected chi connectivity index (χ1v) is 7.88. The largest absolute Gasteiger partial charge is 0.508 e. The topological polar surface area (TPSA) is 40.5 Å². The molecule has 0 heterocycles. The number of phenolic OH excluding ortho intramolecular Hbond substituents is 2. The maximum absolute atomic E-state index is 10.3. The van der Waals surface area contributed by atoms with Crippen LogP contribution in [0.3, 0.4) is 0 Å². The van der Waals surface area contributed by atoms with Gasteiger partial charge in [0, 0.05) is 5.41 Å². The van der Waals surface area contributed by atoms with Gasteiger partial charge in [0.2, 0.25) is 0 Å². The highest BCUT2D eigenvalue weighted by atomic mass is 16.3. The Kier molecular flexibility index (Phi) is 3.12. The average Bonchev–Trinajstić information content (AvgIpc) is 2.98. The van der Waals surface area contributed by atoms with E-state index in [1.165, 1.54) is 5.56 Å². The highest BCUT2D eigenvalue weighted by Crippen LogP contribution is 2.50. The first-order chi connectivity index (χ1) is 11.2. The fraction of sp³-hybridized carbons (Fsp3) is 0.143. The summed E-state index contributed by atoms with van der Waals surface area (Å²) in [6.45, 7) is 0. The normalized spacial score (nSPS) is 19.5. The minimum Gasteiger partial charge on any atom is -0.508 e. The number of hydrogen-bond donors (Lipinski definition) is 2. The molecule has 0 saturated carbocycles. The summed E-state index contributed by atoms with van der Waals surface area (Å²) in [4.78, 5) is 0. The van der Waals surface area contributed by atoms with E-state index in [2.05, 4.69) is 30.3 Å². The van der Waals surface area contributed by atoms with Gasteiger partial charge in [-0.2, -0.15) is 0 Å². The summed E-state index contributed by atoms with van der Waals surface area (Å²) in [6, 6.07) is 23.7. The molecule has 2 heteroatoms. The van der Waals surface area contributed by atoms with E-state index in [1.807, 2.05) is 24.3 Å². The van der Waals surface area contributed by atoms with Crippen LogP contribution in [-0.2, 0) is 11.8 Å². The van der Waals surface area contributed by atoms with Crippen LogP contribution in [-0.4, -0.2) is 10.2 Å². The van der Waals surface area contributed by atoms with Crippen LogP contribution in [0.5, 0.6) is 11.5 Å². The molecule has 3 aromatic rings. The molecule has 0 fully saturated rings. The van der Waals surface area contributed by atoms with Crippen molar-refractivity contribution >= 4 is 0 Å². The van der Waals surface area contributed by atoms with Crippen LogP contribution in [0.4, 0.5) is 0 Å². The molecule has 0 spiro atoms. The summed E-state index contributed by atoms with van der Waals surface area (Å²) in [7, 11) is 0. The third kappa shape index (κ3) is 2.02. The van der Waals surface area contributed by atoms with Crippen molar-refractivity contribution in [2.45, 2.75) is 18.3 Å². The van der Waals surface area contributed by atoms with Crippen LogP contribution in [0.1, 0.15) is 28.7 Å². The number of fused-ring (bicyclic) bond motifs is 1. The lowest BCUT2D eigenvalue weighted by atomic mass is 9.70. The lowest BCUT2D eigenvalue weighted by molar-refractivity contribution is 0.469. The molecule has 0 amide bonds. The molecule has 0 aliphatic heterocycles. The first kappa shape index (κ1) is 13.9. The number of aromatic hydroxyl groups is 2. The van der Waals surface area contributed by atoms with Crippen molar-refractivity contribution in [1.29, 1.82) is 0 Å². The minimum atomic E-state index is -0.275. The van der Waals surface area contributed by atoms with Gasteiger partial charge < -0.3 is 10.2 Å². The Morgan fingerprint density at radius 3 is 2.13 bits per heavy atom. The molecule has 0 radical (unpaired) electrons. The smallest absolute Gasteiger partial charge is 0.119 e. The monoisotopic (exact) mass is 302 g/mol. The zero-order chi connectivity index (χ0) is 15.9. The number of hydrogen-bond acceptors (Lipinski definition) is 2. The van der Waals surface area contributed by atoms with E-state index in [1.54, 1.807) is 18.2 Å². The van der Waals surface area contributed by atoms with Gasteiger partial charge in [-0.05, 0) is 53.3 Å². The predicted molar refractivity (Wildman–Crippen MR) is 90.9 cm³/mol. The van der Waals surface area contributed by atoms with Crippen molar-refractivity contribution in [3.63, 3.8) is 0 Å². The van der Waals surface area contributed by atoms with Crippen molar-refractivity contribution in [3.8, 4) is 11.5 Å². The Labute approximate surface area is 135 Å². The average molecular weight is 302 g/mol. The van der Waals surface area contributed by atoms with Gasteiger partial charge in [0.05, 0.1) is 0 Å². The van der Waals surface area contributed by atoms with Crippen molar-refractivity contribution in [3.05, 3.63) is 95.1 Å². The van der Waals surface area contributed by atoms with Crippen molar-refractivity contribution in [2.24, 2.45) is 0 Å². The standard InChI is InChI=1S/C21H18O2/c22-17-11-9-16(10-12-17)21(15-5-2-1-3-6-15)14-13-18-19(21)7-4-8-20(18)23/h1-12,22-23H,13-14H2. The van der Waals surface area contributed by atoms with Crippen molar-refractivity contribution < 1.29 is 10.2 Å². The molecular formula is C21H18O2. The second-order valence-corrected chi connectivity index (χ2v) is 6.12. The van der Waals surface area contributed by atoms with Crippen LogP contribution in [0.2, 0.25) is 0 Å². The molecule has 1 aliphatic carbocycles. The molecule has 0 aromatic heterocycles. The summed E-state index contributed by atoms with van der Waals surface area (Å²) >= 11 is 0. The quantitative estimate of drug-likeness (QED) is 0.737. The zero-order valence-corrected chi connectivity index (χ0v) is 12.7. The van der Waals surface area contributed by atoms with E-state index < -0.39 is 0 Å². The molecule has 23 heavy (non-hydrogen) atoms. The van der Waals surface area contributed by atoms with Gasteiger partial charge in [-0.25, -0.2) is 0 Å². The Morgan fingerprint density at radius 1 is 0.696 bits per heavy atom. The van der Waals surface area contributed by atoms with E-state index in [9.17, 15) is 10.2 Å². The van der Waals surface area contributed by atoms with E-state index in [0.29, 0.717) is 5.75 Å². The summed E-state index contributed by atoms with van der Waals surface area (Å²) in [6.07, 6.45) is 1.76. The third-order valence-corrected chi connectivity index (χ3v) is 4.99. The Hall–Kier alpha value is -2.74. The maximum Gasteiger partial charge on any atom is 0.119 e. The van der Waals surface area contributed by atoms with Gasteiger partial charge in [0.15, 0.2) is 0 Å². The zero-order valence-electron chi connectivity index (χ0n) is 12.7. The fourth-order valence-corrected chi connectivity index (χ4v) is 3.92. The van der Waals surface area contributed by atoms with Gasteiger partial charge in [0.25, 0.3) is 0 Å². The molecule has 4 rings (SSSR count). The second kappa shape index (κ2) is 5.17. The van der Waals surface area contributed by atoms with Crippen molar-refractivity contribution in [2.75, 3.05) is 0 Å². The Bertz CT molecular complexity index is 837. The van der Waals surface area contributed by atoms with Gasteiger partial charge in [-0.3, -0.25) is 0 Å². The molecule has 1 aliphatic rings. The van der Waals surface area contributed by atoms with Gasteiger partial charge in [0.1, 0.15) is 11.5 Å². The van der Waals surface area contributed by atoms with E-state index >= 15 is 0 Å². The van der Waals surface area contributed by atoms with Crippen LogP contribution in [0.25, 0.3) is 0 Å². The number of benzene rings is 3. The van der Waals surface area contributed by atoms with E-state index in [0.717, 1.165) is 29.5 Å². The molecule has 0 bridgehead atoms.